The molecule has 0 saturated carbocycles. The normalized spacial score (nSPS) is 12.5. The molecule has 1 amide bonds. The fourth-order valence-corrected chi connectivity index (χ4v) is 2.66. The Bertz CT molecular complexity index is 702. The number of carbonyl (C=O) groups is 1. The van der Waals surface area contributed by atoms with Crippen LogP contribution in [0.2, 0.25) is 0 Å². The highest BCUT2D eigenvalue weighted by Crippen LogP contribution is 2.12. The van der Waals surface area contributed by atoms with E-state index in [9.17, 15) is 9.59 Å². The highest BCUT2D eigenvalue weighted by atomic mass is 16.3. The first-order valence-electron chi connectivity index (χ1n) is 7.66. The molecule has 1 atom stereocenters. The number of para-hydroxylation sites is 2. The second-order valence-corrected chi connectivity index (χ2v) is 5.44. The summed E-state index contributed by atoms with van der Waals surface area (Å²) in [4.78, 5) is 24.6. The van der Waals surface area contributed by atoms with Gasteiger partial charge in [-0.15, -0.1) is 0 Å². The molecule has 2 aromatic rings. The summed E-state index contributed by atoms with van der Waals surface area (Å²) in [7, 11) is 0. The average Bonchev–Trinajstić information content (AvgIpc) is 2.77. The molecule has 2 N–H and O–H groups in total. The Morgan fingerprint density at radius 3 is 2.50 bits per heavy atom. The molecule has 0 spiro atoms. The van der Waals surface area contributed by atoms with Crippen LogP contribution < -0.4 is 11.0 Å². The van der Waals surface area contributed by atoms with Gasteiger partial charge in [-0.25, -0.2) is 4.79 Å². The minimum Gasteiger partial charge on any atom is -0.396 e. The number of fused-ring (bicyclic) bond motifs is 1. The number of imidazole rings is 1. The number of hydrogen-bond donors (Lipinski definition) is 2. The number of aromatic nitrogens is 2. The van der Waals surface area contributed by atoms with Crippen molar-refractivity contribution in [2.45, 2.75) is 45.8 Å². The van der Waals surface area contributed by atoms with E-state index in [1.54, 1.807) is 4.57 Å². The van der Waals surface area contributed by atoms with Crippen molar-refractivity contribution in [2.24, 2.45) is 0 Å². The van der Waals surface area contributed by atoms with Crippen molar-refractivity contribution in [1.29, 1.82) is 0 Å². The van der Waals surface area contributed by atoms with Crippen LogP contribution in [-0.4, -0.2) is 32.8 Å². The molecular formula is C16H23N3O3. The molecule has 0 saturated heterocycles. The highest BCUT2D eigenvalue weighted by molar-refractivity contribution is 5.81. The number of nitrogens with one attached hydrogen (secondary N) is 1. The third-order valence-corrected chi connectivity index (χ3v) is 3.75. The zero-order chi connectivity index (χ0) is 16.1. The van der Waals surface area contributed by atoms with Gasteiger partial charge in [0.1, 0.15) is 6.54 Å². The SMILES string of the molecule is CCn1c(=O)n(CC(=O)NC(C)CCCO)c2ccccc21. The molecular weight excluding hydrogens is 282 g/mol. The van der Waals surface area contributed by atoms with Crippen LogP contribution in [0.15, 0.2) is 29.1 Å². The quantitative estimate of drug-likeness (QED) is 0.804. The number of benzene rings is 1. The summed E-state index contributed by atoms with van der Waals surface area (Å²) in [5, 5.41) is 11.7. The second-order valence-electron chi connectivity index (χ2n) is 5.44. The van der Waals surface area contributed by atoms with E-state index in [4.69, 9.17) is 5.11 Å². The number of aryl methyl sites for hydroxylation is 1. The topological polar surface area (TPSA) is 76.3 Å². The molecule has 0 radical (unpaired) electrons. The van der Waals surface area contributed by atoms with Crippen LogP contribution in [0.5, 0.6) is 0 Å². The maximum absolute atomic E-state index is 12.4. The largest absolute Gasteiger partial charge is 0.396 e. The third-order valence-electron chi connectivity index (χ3n) is 3.75. The molecule has 0 aliphatic carbocycles. The van der Waals surface area contributed by atoms with Crippen molar-refractivity contribution in [3.05, 3.63) is 34.7 Å². The smallest absolute Gasteiger partial charge is 0.329 e. The lowest BCUT2D eigenvalue weighted by atomic mass is 10.2. The van der Waals surface area contributed by atoms with E-state index in [0.29, 0.717) is 19.4 Å². The lowest BCUT2D eigenvalue weighted by molar-refractivity contribution is -0.122. The van der Waals surface area contributed by atoms with Crippen LogP contribution in [0.4, 0.5) is 0 Å². The van der Waals surface area contributed by atoms with E-state index < -0.39 is 0 Å². The van der Waals surface area contributed by atoms with Crippen molar-refractivity contribution in [3.63, 3.8) is 0 Å². The lowest BCUT2D eigenvalue weighted by Crippen LogP contribution is -2.37. The van der Waals surface area contributed by atoms with E-state index in [2.05, 4.69) is 5.32 Å². The van der Waals surface area contributed by atoms with E-state index in [1.807, 2.05) is 38.1 Å². The van der Waals surface area contributed by atoms with Crippen molar-refractivity contribution in [1.82, 2.24) is 14.5 Å². The predicted octanol–water partition coefficient (Wildman–Crippen LogP) is 1.10. The summed E-state index contributed by atoms with van der Waals surface area (Å²) in [5.41, 5.74) is 1.45. The number of amides is 1. The summed E-state index contributed by atoms with van der Waals surface area (Å²) in [6.07, 6.45) is 1.37. The van der Waals surface area contributed by atoms with Gasteiger partial charge >= 0.3 is 5.69 Å². The van der Waals surface area contributed by atoms with Gasteiger partial charge in [-0.3, -0.25) is 13.9 Å². The molecule has 0 bridgehead atoms. The molecule has 1 unspecified atom stereocenters. The maximum atomic E-state index is 12.4. The van der Waals surface area contributed by atoms with Gasteiger partial charge in [0.2, 0.25) is 5.91 Å². The number of hydrogen-bond acceptors (Lipinski definition) is 3. The Morgan fingerprint density at radius 2 is 1.91 bits per heavy atom. The molecule has 6 nitrogen and oxygen atoms in total. The van der Waals surface area contributed by atoms with E-state index in [-0.39, 0.29) is 30.8 Å². The molecule has 6 heteroatoms. The van der Waals surface area contributed by atoms with Gasteiger partial charge in [-0.1, -0.05) is 12.1 Å². The van der Waals surface area contributed by atoms with Crippen molar-refractivity contribution in [3.8, 4) is 0 Å². The van der Waals surface area contributed by atoms with Crippen molar-refractivity contribution < 1.29 is 9.90 Å². The van der Waals surface area contributed by atoms with Crippen LogP contribution in [0.3, 0.4) is 0 Å². The van der Waals surface area contributed by atoms with Gasteiger partial charge in [0.05, 0.1) is 11.0 Å². The fraction of sp³-hybridized carbons (Fsp3) is 0.500. The molecule has 120 valence electrons. The highest BCUT2D eigenvalue weighted by Gasteiger charge is 2.15. The second kappa shape index (κ2) is 7.26. The summed E-state index contributed by atoms with van der Waals surface area (Å²) in [5.74, 6) is -0.188. The zero-order valence-electron chi connectivity index (χ0n) is 13.1. The molecule has 1 aromatic carbocycles. The van der Waals surface area contributed by atoms with Crippen LogP contribution in [0.1, 0.15) is 26.7 Å². The number of aliphatic hydroxyl groups is 1. The summed E-state index contributed by atoms with van der Waals surface area (Å²) >= 11 is 0. The van der Waals surface area contributed by atoms with Crippen molar-refractivity contribution >= 4 is 16.9 Å². The Balaban J connectivity index is 2.19. The van der Waals surface area contributed by atoms with Crippen LogP contribution in [0, 0.1) is 0 Å². The minimum absolute atomic E-state index is 0.00973. The monoisotopic (exact) mass is 305 g/mol. The van der Waals surface area contributed by atoms with Crippen LogP contribution in [0.25, 0.3) is 11.0 Å². The molecule has 0 fully saturated rings. The lowest BCUT2D eigenvalue weighted by Gasteiger charge is -2.13. The Hall–Kier alpha value is -2.08. The molecule has 1 aromatic heterocycles. The summed E-state index contributed by atoms with van der Waals surface area (Å²) in [6, 6.07) is 7.47. The van der Waals surface area contributed by atoms with E-state index in [0.717, 1.165) is 11.0 Å². The average molecular weight is 305 g/mol. The standard InChI is InChI=1S/C16H23N3O3/c1-3-18-13-8-4-5-9-14(13)19(16(18)22)11-15(21)17-12(2)7-6-10-20/h4-5,8-9,12,20H,3,6-7,10-11H2,1-2H3,(H,17,21). The van der Waals surface area contributed by atoms with E-state index >= 15 is 0 Å². The molecule has 22 heavy (non-hydrogen) atoms. The summed E-state index contributed by atoms with van der Waals surface area (Å²) < 4.78 is 3.17. The predicted molar refractivity (Wildman–Crippen MR) is 85.8 cm³/mol. The third kappa shape index (κ3) is 3.39. The molecule has 0 aliphatic rings. The van der Waals surface area contributed by atoms with Crippen LogP contribution >= 0.6 is 0 Å². The van der Waals surface area contributed by atoms with Gasteiger partial charge in [-0.05, 0) is 38.8 Å². The Morgan fingerprint density at radius 1 is 1.27 bits per heavy atom. The van der Waals surface area contributed by atoms with Gasteiger partial charge in [0.25, 0.3) is 0 Å². The number of aliphatic hydroxyl groups excluding tert-OH is 1. The van der Waals surface area contributed by atoms with Crippen molar-refractivity contribution in [2.75, 3.05) is 6.61 Å². The van der Waals surface area contributed by atoms with Gasteiger partial charge in [0, 0.05) is 19.2 Å². The van der Waals surface area contributed by atoms with Crippen LogP contribution in [-0.2, 0) is 17.9 Å². The molecule has 0 aliphatic heterocycles. The molecule has 2 rings (SSSR count). The summed E-state index contributed by atoms with van der Waals surface area (Å²) in [6.45, 7) is 4.50. The van der Waals surface area contributed by atoms with Gasteiger partial charge in [0.15, 0.2) is 0 Å². The number of nitrogens with zero attached hydrogens (tertiary/aromatic N) is 2. The number of carbonyl (C=O) groups excluding carboxylic acids is 1. The minimum atomic E-state index is -0.188. The first kappa shape index (κ1) is 16.3. The Kier molecular flexibility index (Phi) is 5.38. The molecule has 1 heterocycles. The fourth-order valence-electron chi connectivity index (χ4n) is 2.66. The first-order valence-corrected chi connectivity index (χ1v) is 7.66. The zero-order valence-corrected chi connectivity index (χ0v) is 13.1. The number of rotatable bonds is 7. The van der Waals surface area contributed by atoms with Gasteiger partial charge in [-0.2, -0.15) is 0 Å². The first-order chi connectivity index (χ1) is 10.6. The van der Waals surface area contributed by atoms with Gasteiger partial charge < -0.3 is 10.4 Å². The van der Waals surface area contributed by atoms with E-state index in [1.165, 1.54) is 4.57 Å². The Labute approximate surface area is 129 Å². The maximum Gasteiger partial charge on any atom is 0.329 e.